The van der Waals surface area contributed by atoms with Gasteiger partial charge >= 0.3 is 0 Å². The van der Waals surface area contributed by atoms with Crippen molar-refractivity contribution in [1.82, 2.24) is 30.3 Å². The number of benzene rings is 2. The SMILES string of the molecule is Cc1c(C(C)NC(=O)c2ccc(-c3ncn[nH]3)cc2)cnn1-c1ccccc1. The highest BCUT2D eigenvalue weighted by Gasteiger charge is 2.17. The number of para-hydroxylation sites is 1. The monoisotopic (exact) mass is 372 g/mol. The van der Waals surface area contributed by atoms with Gasteiger partial charge in [-0.1, -0.05) is 30.3 Å². The molecule has 0 aliphatic carbocycles. The second-order valence-corrected chi connectivity index (χ2v) is 6.54. The Morgan fingerprint density at radius 3 is 2.54 bits per heavy atom. The molecule has 1 unspecified atom stereocenters. The molecule has 4 aromatic rings. The van der Waals surface area contributed by atoms with Crippen molar-refractivity contribution in [1.29, 1.82) is 0 Å². The molecule has 1 atom stereocenters. The average Bonchev–Trinajstić information content (AvgIpc) is 3.39. The Balaban J connectivity index is 1.48. The van der Waals surface area contributed by atoms with E-state index in [4.69, 9.17) is 0 Å². The second kappa shape index (κ2) is 7.48. The molecule has 7 nitrogen and oxygen atoms in total. The lowest BCUT2D eigenvalue weighted by molar-refractivity contribution is 0.0940. The van der Waals surface area contributed by atoms with Crippen LogP contribution in [0.15, 0.2) is 67.1 Å². The predicted molar refractivity (Wildman–Crippen MR) is 106 cm³/mol. The van der Waals surface area contributed by atoms with Crippen LogP contribution in [0.1, 0.15) is 34.6 Å². The fourth-order valence-electron chi connectivity index (χ4n) is 3.16. The van der Waals surface area contributed by atoms with Gasteiger partial charge in [-0.2, -0.15) is 10.2 Å². The number of aromatic amines is 1. The maximum absolute atomic E-state index is 12.6. The van der Waals surface area contributed by atoms with Gasteiger partial charge in [-0.05, 0) is 38.1 Å². The Morgan fingerprint density at radius 2 is 1.86 bits per heavy atom. The number of hydrogen-bond acceptors (Lipinski definition) is 4. The van der Waals surface area contributed by atoms with Crippen molar-refractivity contribution in [2.24, 2.45) is 0 Å². The summed E-state index contributed by atoms with van der Waals surface area (Å²) >= 11 is 0. The van der Waals surface area contributed by atoms with Gasteiger partial charge in [-0.25, -0.2) is 9.67 Å². The normalized spacial score (nSPS) is 11.9. The lowest BCUT2D eigenvalue weighted by Crippen LogP contribution is -2.26. The highest BCUT2D eigenvalue weighted by atomic mass is 16.1. The van der Waals surface area contributed by atoms with Crippen LogP contribution in [0, 0.1) is 6.92 Å². The minimum absolute atomic E-state index is 0.136. The number of nitrogens with zero attached hydrogens (tertiary/aromatic N) is 4. The molecule has 7 heteroatoms. The fourth-order valence-corrected chi connectivity index (χ4v) is 3.16. The first-order chi connectivity index (χ1) is 13.6. The summed E-state index contributed by atoms with van der Waals surface area (Å²) in [6.07, 6.45) is 3.26. The Bertz CT molecular complexity index is 1070. The molecule has 2 aromatic heterocycles. The summed E-state index contributed by atoms with van der Waals surface area (Å²) in [6.45, 7) is 3.96. The van der Waals surface area contributed by atoms with E-state index in [0.717, 1.165) is 22.5 Å². The number of rotatable bonds is 5. The standard InChI is InChI=1S/C21H20N6O/c1-14(19-12-24-27(15(19)2)18-6-4-3-5-7-18)25-21(28)17-10-8-16(9-11-17)20-22-13-23-26-20/h3-14H,1-2H3,(H,25,28)(H,22,23,26). The molecule has 2 aromatic carbocycles. The van der Waals surface area contributed by atoms with Gasteiger partial charge in [0.2, 0.25) is 0 Å². The fraction of sp³-hybridized carbons (Fsp3) is 0.143. The lowest BCUT2D eigenvalue weighted by Gasteiger charge is -2.14. The summed E-state index contributed by atoms with van der Waals surface area (Å²) in [5.41, 5.74) is 4.44. The molecule has 0 aliphatic rings. The molecule has 0 aliphatic heterocycles. The van der Waals surface area contributed by atoms with Gasteiger partial charge in [0.1, 0.15) is 6.33 Å². The van der Waals surface area contributed by atoms with E-state index in [1.807, 2.05) is 61.0 Å². The largest absolute Gasteiger partial charge is 0.345 e. The van der Waals surface area contributed by atoms with Crippen molar-refractivity contribution in [3.63, 3.8) is 0 Å². The summed E-state index contributed by atoms with van der Waals surface area (Å²) in [5, 5.41) is 14.2. The molecule has 0 saturated carbocycles. The molecule has 0 radical (unpaired) electrons. The maximum atomic E-state index is 12.6. The number of carbonyl (C=O) groups is 1. The minimum Gasteiger partial charge on any atom is -0.345 e. The Morgan fingerprint density at radius 1 is 1.11 bits per heavy atom. The second-order valence-electron chi connectivity index (χ2n) is 6.54. The number of hydrogen-bond donors (Lipinski definition) is 2. The number of carbonyl (C=O) groups excluding carboxylic acids is 1. The first-order valence-corrected chi connectivity index (χ1v) is 9.00. The molecular formula is C21H20N6O. The van der Waals surface area contributed by atoms with Crippen LogP contribution in [0.5, 0.6) is 0 Å². The van der Waals surface area contributed by atoms with Crippen LogP contribution < -0.4 is 5.32 Å². The molecule has 1 amide bonds. The van der Waals surface area contributed by atoms with Crippen molar-refractivity contribution in [2.45, 2.75) is 19.9 Å². The zero-order chi connectivity index (χ0) is 19.5. The van der Waals surface area contributed by atoms with Gasteiger partial charge < -0.3 is 5.32 Å². The highest BCUT2D eigenvalue weighted by molar-refractivity contribution is 5.94. The smallest absolute Gasteiger partial charge is 0.251 e. The molecule has 0 saturated heterocycles. The number of amides is 1. The van der Waals surface area contributed by atoms with Crippen molar-refractivity contribution in [3.05, 3.63) is 83.9 Å². The van der Waals surface area contributed by atoms with E-state index < -0.39 is 0 Å². The molecule has 0 bridgehead atoms. The van der Waals surface area contributed by atoms with Gasteiger partial charge in [0.25, 0.3) is 5.91 Å². The van der Waals surface area contributed by atoms with Crippen molar-refractivity contribution < 1.29 is 4.79 Å². The van der Waals surface area contributed by atoms with Gasteiger partial charge in [0.15, 0.2) is 5.82 Å². The van der Waals surface area contributed by atoms with E-state index in [1.165, 1.54) is 6.33 Å². The average molecular weight is 372 g/mol. The summed E-state index contributed by atoms with van der Waals surface area (Å²) in [6, 6.07) is 17.0. The number of aromatic nitrogens is 5. The third-order valence-electron chi connectivity index (χ3n) is 4.70. The highest BCUT2D eigenvalue weighted by Crippen LogP contribution is 2.21. The zero-order valence-electron chi connectivity index (χ0n) is 15.6. The Labute approximate surface area is 162 Å². The minimum atomic E-state index is -0.168. The van der Waals surface area contributed by atoms with Crippen LogP contribution in [0.25, 0.3) is 17.1 Å². The quantitative estimate of drug-likeness (QED) is 0.561. The van der Waals surface area contributed by atoms with Crippen LogP contribution in [-0.4, -0.2) is 30.9 Å². The van der Waals surface area contributed by atoms with Crippen LogP contribution in [0.3, 0.4) is 0 Å². The van der Waals surface area contributed by atoms with Gasteiger partial charge in [-0.15, -0.1) is 0 Å². The molecule has 28 heavy (non-hydrogen) atoms. The lowest BCUT2D eigenvalue weighted by atomic mass is 10.1. The van der Waals surface area contributed by atoms with E-state index in [1.54, 1.807) is 18.3 Å². The van der Waals surface area contributed by atoms with Gasteiger partial charge in [0, 0.05) is 22.4 Å². The first-order valence-electron chi connectivity index (χ1n) is 9.00. The third-order valence-corrected chi connectivity index (χ3v) is 4.70. The maximum Gasteiger partial charge on any atom is 0.251 e. The van der Waals surface area contributed by atoms with Crippen LogP contribution in [0.2, 0.25) is 0 Å². The summed E-state index contributed by atoms with van der Waals surface area (Å²) in [7, 11) is 0. The molecule has 0 spiro atoms. The van der Waals surface area contributed by atoms with Gasteiger partial charge in [-0.3, -0.25) is 9.89 Å². The van der Waals surface area contributed by atoms with Crippen molar-refractivity contribution in [2.75, 3.05) is 0 Å². The van der Waals surface area contributed by atoms with E-state index in [9.17, 15) is 4.79 Å². The van der Waals surface area contributed by atoms with Crippen molar-refractivity contribution in [3.8, 4) is 17.1 Å². The van der Waals surface area contributed by atoms with E-state index in [-0.39, 0.29) is 11.9 Å². The topological polar surface area (TPSA) is 88.5 Å². The molecule has 2 N–H and O–H groups in total. The number of H-pyrrole nitrogens is 1. The summed E-state index contributed by atoms with van der Waals surface area (Å²) in [5.74, 6) is 0.535. The molecule has 140 valence electrons. The van der Waals surface area contributed by atoms with E-state index in [0.29, 0.717) is 11.4 Å². The van der Waals surface area contributed by atoms with E-state index in [2.05, 4.69) is 25.6 Å². The van der Waals surface area contributed by atoms with Gasteiger partial charge in [0.05, 0.1) is 17.9 Å². The predicted octanol–water partition coefficient (Wildman–Crippen LogP) is 3.46. The van der Waals surface area contributed by atoms with Crippen LogP contribution in [-0.2, 0) is 0 Å². The summed E-state index contributed by atoms with van der Waals surface area (Å²) in [4.78, 5) is 16.7. The van der Waals surface area contributed by atoms with Crippen molar-refractivity contribution >= 4 is 5.91 Å². The first kappa shape index (κ1) is 17.7. The van der Waals surface area contributed by atoms with E-state index >= 15 is 0 Å². The Hall–Kier alpha value is -3.74. The molecule has 2 heterocycles. The van der Waals surface area contributed by atoms with Crippen LogP contribution >= 0.6 is 0 Å². The Kier molecular flexibility index (Phi) is 4.72. The molecular weight excluding hydrogens is 352 g/mol. The zero-order valence-corrected chi connectivity index (χ0v) is 15.6. The molecule has 0 fully saturated rings. The summed E-state index contributed by atoms with van der Waals surface area (Å²) < 4.78 is 1.88. The molecule has 4 rings (SSSR count). The third kappa shape index (κ3) is 3.42. The number of nitrogens with one attached hydrogen (secondary N) is 2. The van der Waals surface area contributed by atoms with Crippen LogP contribution in [0.4, 0.5) is 0 Å².